The maximum Gasteiger partial charge on any atom is 0.269 e. The maximum absolute atomic E-state index is 13.2. The molecule has 4 rings (SSSR count). The first-order valence-electron chi connectivity index (χ1n) is 8.71. The minimum atomic E-state index is -0.184. The molecule has 1 unspecified atom stereocenters. The van der Waals surface area contributed by atoms with Gasteiger partial charge < -0.3 is 0 Å². The van der Waals surface area contributed by atoms with Crippen LogP contribution in [0.3, 0.4) is 0 Å². The largest absolute Gasteiger partial charge is 0.269 e. The van der Waals surface area contributed by atoms with Gasteiger partial charge in [0.1, 0.15) is 0 Å². The van der Waals surface area contributed by atoms with E-state index in [1.807, 2.05) is 91.0 Å². The summed E-state index contributed by atoms with van der Waals surface area (Å²) in [5.74, 6) is 0. The second kappa shape index (κ2) is 8.72. The van der Waals surface area contributed by atoms with Gasteiger partial charge in [-0.2, -0.15) is 0 Å². The van der Waals surface area contributed by atoms with Gasteiger partial charge in [-0.3, -0.25) is 13.9 Å². The molecule has 0 fully saturated rings. The molecule has 4 aromatic rings. The first-order chi connectivity index (χ1) is 13.7. The van der Waals surface area contributed by atoms with Crippen LogP contribution in [-0.2, 0) is 0 Å². The van der Waals surface area contributed by atoms with Crippen LogP contribution < -0.4 is 27.0 Å². The second-order valence-corrected chi connectivity index (χ2v) is 9.64. The number of hydrogen-bond acceptors (Lipinski definition) is 2. The van der Waals surface area contributed by atoms with Crippen LogP contribution in [0, 0.1) is 9.88 Å². The van der Waals surface area contributed by atoms with Crippen LogP contribution in [-0.4, -0.2) is 4.34 Å². The van der Waals surface area contributed by atoms with Crippen LogP contribution in [0.5, 0.6) is 0 Å². The van der Waals surface area contributed by atoms with Crippen LogP contribution in [0.25, 0.3) is 0 Å². The Balaban J connectivity index is 1.97. The third-order valence-electron chi connectivity index (χ3n) is 4.04. The van der Waals surface area contributed by atoms with E-state index in [1.165, 1.54) is 4.34 Å². The van der Waals surface area contributed by atoms with Gasteiger partial charge in [0.2, 0.25) is 0 Å². The number of hydrogen-bond donors (Lipinski definition) is 0. The van der Waals surface area contributed by atoms with Gasteiger partial charge in [-0.25, -0.2) is 0 Å². The zero-order valence-corrected chi connectivity index (χ0v) is 17.6. The number of rotatable bonds is 4. The van der Waals surface area contributed by atoms with Crippen molar-refractivity contribution in [3.05, 3.63) is 122 Å². The molecule has 0 bridgehead atoms. The molecule has 1 heterocycles. The van der Waals surface area contributed by atoms with Crippen molar-refractivity contribution in [1.29, 1.82) is 0 Å². The molecule has 1 aromatic heterocycles. The Morgan fingerprint density at radius 2 is 0.964 bits per heavy atom. The number of aromatic nitrogens is 1. The third-order valence-corrected chi connectivity index (χ3v) is 7.83. The van der Waals surface area contributed by atoms with Crippen LogP contribution in [0.4, 0.5) is 0 Å². The summed E-state index contributed by atoms with van der Waals surface area (Å²) in [6.07, 6.45) is 0. The van der Waals surface area contributed by atoms with Crippen molar-refractivity contribution in [1.82, 2.24) is 4.34 Å². The van der Waals surface area contributed by atoms with E-state index in [1.54, 1.807) is 0 Å². The highest BCUT2D eigenvalue weighted by atomic mass is 31.1. The van der Waals surface area contributed by atoms with E-state index in [2.05, 4.69) is 0 Å². The van der Waals surface area contributed by atoms with Crippen LogP contribution in [0.2, 0.25) is 0 Å². The lowest BCUT2D eigenvalue weighted by atomic mass is 10.4. The van der Waals surface area contributed by atoms with Crippen LogP contribution in [0.1, 0.15) is 0 Å². The first kappa shape index (κ1) is 18.9. The molecule has 3 nitrogen and oxygen atoms in total. The molecule has 0 aliphatic heterocycles. The van der Waals surface area contributed by atoms with Gasteiger partial charge in [0.05, 0.1) is 9.88 Å². The van der Waals surface area contributed by atoms with Gasteiger partial charge >= 0.3 is 0 Å². The lowest BCUT2D eigenvalue weighted by molar-refractivity contribution is 1.14. The molecule has 0 N–H and O–H groups in total. The van der Waals surface area contributed by atoms with E-state index in [9.17, 15) is 9.59 Å². The summed E-state index contributed by atoms with van der Waals surface area (Å²) in [6.45, 7) is 0. The fourth-order valence-electron chi connectivity index (χ4n) is 2.71. The predicted molar refractivity (Wildman–Crippen MR) is 122 cm³/mol. The highest BCUT2D eigenvalue weighted by Crippen LogP contribution is 2.14. The van der Waals surface area contributed by atoms with Gasteiger partial charge in [-0.1, -0.05) is 107 Å². The molecule has 0 amide bonds. The Morgan fingerprint density at radius 3 is 1.39 bits per heavy atom. The molecule has 0 aliphatic carbocycles. The van der Waals surface area contributed by atoms with Crippen LogP contribution in [0.15, 0.2) is 101 Å². The summed E-state index contributed by atoms with van der Waals surface area (Å²) in [6, 6.07) is 29.3. The topological polar surface area (TPSA) is 39.1 Å². The molecular weight excluding hydrogens is 403 g/mol. The van der Waals surface area contributed by atoms with E-state index in [0.29, 0.717) is 9.88 Å². The summed E-state index contributed by atoms with van der Waals surface area (Å²) >= 11 is 0. The molecule has 3 aromatic carbocycles. The summed E-state index contributed by atoms with van der Waals surface area (Å²) in [4.78, 5) is 27.5. The van der Waals surface area contributed by atoms with Gasteiger partial charge in [0, 0.05) is 19.3 Å². The average molecular weight is 419 g/mol. The summed E-state index contributed by atoms with van der Waals surface area (Å²) in [5.41, 5.74) is -0.368. The molecule has 0 aliphatic rings. The van der Waals surface area contributed by atoms with Gasteiger partial charge in [0.25, 0.3) is 11.1 Å². The SMILES string of the molecule is O=c1c(=Pc2ccccc2)c(=Pc2ccccc2)c(=O)n1Pc1ccccc1. The minimum absolute atomic E-state index is 0.00419. The minimum Gasteiger partial charge on any atom is -0.268 e. The quantitative estimate of drug-likeness (QED) is 0.476. The summed E-state index contributed by atoms with van der Waals surface area (Å²) < 4.78 is 1.39. The van der Waals surface area contributed by atoms with Crippen molar-refractivity contribution in [3.63, 3.8) is 0 Å². The van der Waals surface area contributed by atoms with E-state index < -0.39 is 0 Å². The van der Waals surface area contributed by atoms with Crippen molar-refractivity contribution < 1.29 is 0 Å². The Bertz CT molecular complexity index is 1220. The molecule has 0 spiro atoms. The van der Waals surface area contributed by atoms with Gasteiger partial charge in [-0.15, -0.1) is 0 Å². The Kier molecular flexibility index (Phi) is 5.89. The Labute approximate surface area is 167 Å². The molecular formula is C22H16NO2P3. The van der Waals surface area contributed by atoms with Crippen molar-refractivity contribution in [2.75, 3.05) is 0 Å². The lowest BCUT2D eigenvalue weighted by Crippen LogP contribution is -2.21. The van der Waals surface area contributed by atoms with E-state index >= 15 is 0 Å². The van der Waals surface area contributed by atoms with Crippen molar-refractivity contribution in [2.45, 2.75) is 0 Å². The predicted octanol–water partition coefficient (Wildman–Crippen LogP) is 3.46. The zero-order chi connectivity index (χ0) is 19.3. The molecule has 136 valence electrons. The van der Waals surface area contributed by atoms with Crippen LogP contribution >= 0.6 is 25.1 Å². The Morgan fingerprint density at radius 1 is 0.571 bits per heavy atom. The lowest BCUT2D eigenvalue weighted by Gasteiger charge is -1.99. The normalized spacial score (nSPS) is 12.9. The monoisotopic (exact) mass is 419 g/mol. The van der Waals surface area contributed by atoms with E-state index in [-0.39, 0.29) is 19.8 Å². The molecule has 0 saturated carbocycles. The van der Waals surface area contributed by atoms with Crippen molar-refractivity contribution >= 4 is 41.1 Å². The van der Waals surface area contributed by atoms with E-state index in [4.69, 9.17) is 0 Å². The number of benzene rings is 3. The molecule has 1 atom stereocenters. The summed E-state index contributed by atoms with van der Waals surface area (Å²) in [7, 11) is 1.53. The standard InChI is InChI=1S/C22H16NO2P3/c24-21-19(26-16-10-4-1-5-11-16)20(27-17-12-6-2-7-13-17)22(25)23(21)28-18-14-8-3-9-15-18/h1-15,28H. The fourth-order valence-corrected chi connectivity index (χ4v) is 6.18. The Hall–Kier alpha value is -2.43. The molecule has 6 heteroatoms. The molecule has 0 saturated heterocycles. The fraction of sp³-hybridized carbons (Fsp3) is 0. The third kappa shape index (κ3) is 4.18. The highest BCUT2D eigenvalue weighted by Gasteiger charge is 2.12. The molecule has 28 heavy (non-hydrogen) atoms. The zero-order valence-electron chi connectivity index (χ0n) is 14.8. The smallest absolute Gasteiger partial charge is 0.268 e. The van der Waals surface area contributed by atoms with Gasteiger partial charge in [-0.05, 0) is 5.30 Å². The first-order valence-corrected chi connectivity index (χ1v) is 11.4. The molecule has 0 radical (unpaired) electrons. The highest BCUT2D eigenvalue weighted by molar-refractivity contribution is 7.45. The summed E-state index contributed by atoms with van der Waals surface area (Å²) in [5, 5.41) is 2.98. The van der Waals surface area contributed by atoms with E-state index in [0.717, 1.165) is 32.3 Å². The van der Waals surface area contributed by atoms with Gasteiger partial charge in [0.15, 0.2) is 0 Å². The second-order valence-electron chi connectivity index (χ2n) is 6.02. The van der Waals surface area contributed by atoms with Crippen molar-refractivity contribution in [2.24, 2.45) is 0 Å². The average Bonchev–Trinajstić information content (AvgIpc) is 2.95. The maximum atomic E-state index is 13.2. The van der Waals surface area contributed by atoms with Crippen molar-refractivity contribution in [3.8, 4) is 0 Å². The number of nitrogens with zero attached hydrogens (tertiary/aromatic N) is 1.